The quantitative estimate of drug-likeness (QED) is 0.892. The third-order valence-corrected chi connectivity index (χ3v) is 5.48. The number of carbonyl (C=O) groups is 1. The molecule has 1 aromatic carbocycles. The van der Waals surface area contributed by atoms with Gasteiger partial charge in [0.05, 0.1) is 6.10 Å². The fourth-order valence-electron chi connectivity index (χ4n) is 3.97. The largest absolute Gasteiger partial charge is 0.381 e. The molecule has 2 saturated heterocycles. The maximum atomic E-state index is 12.7. The van der Waals surface area contributed by atoms with Crippen LogP contribution in [0.2, 0.25) is 0 Å². The fraction of sp³-hybridized carbons (Fsp3) is 0.650. The van der Waals surface area contributed by atoms with Gasteiger partial charge in [-0.25, -0.2) is 4.79 Å². The van der Waals surface area contributed by atoms with Gasteiger partial charge in [0.25, 0.3) is 0 Å². The van der Waals surface area contributed by atoms with Crippen molar-refractivity contribution in [3.63, 3.8) is 0 Å². The van der Waals surface area contributed by atoms with Crippen LogP contribution in [0, 0.1) is 0 Å². The van der Waals surface area contributed by atoms with E-state index >= 15 is 0 Å². The summed E-state index contributed by atoms with van der Waals surface area (Å²) in [6.45, 7) is 6.39. The second kappa shape index (κ2) is 8.68. The highest BCUT2D eigenvalue weighted by molar-refractivity contribution is 5.74. The normalized spacial score (nSPS) is 23.2. The predicted octanol–water partition coefficient (Wildman–Crippen LogP) is 2.95. The van der Waals surface area contributed by atoms with E-state index in [1.165, 1.54) is 5.56 Å². The Bertz CT molecular complexity index is 541. The lowest BCUT2D eigenvalue weighted by Gasteiger charge is -2.39. The lowest BCUT2D eigenvalue weighted by Crippen LogP contribution is -2.51. The van der Waals surface area contributed by atoms with Crippen LogP contribution in [0.4, 0.5) is 4.79 Å². The number of carbonyl (C=O) groups excluding carboxylic acids is 1. The number of benzene rings is 1. The average molecular weight is 346 g/mol. The van der Waals surface area contributed by atoms with Crippen molar-refractivity contribution in [3.05, 3.63) is 35.9 Å². The van der Waals surface area contributed by atoms with E-state index in [1.807, 2.05) is 17.9 Å². The summed E-state index contributed by atoms with van der Waals surface area (Å²) in [5.74, 6) is 0. The number of hydrogen-bond donors (Lipinski definition) is 1. The molecule has 2 amide bonds. The molecule has 0 bridgehead atoms. The smallest absolute Gasteiger partial charge is 0.317 e. The predicted molar refractivity (Wildman–Crippen MR) is 97.8 cm³/mol. The number of nitrogens with zero attached hydrogens (tertiary/aromatic N) is 1. The molecule has 1 atom stereocenters. The first kappa shape index (κ1) is 18.2. The maximum Gasteiger partial charge on any atom is 0.317 e. The second-order valence-electron chi connectivity index (χ2n) is 7.08. The summed E-state index contributed by atoms with van der Waals surface area (Å²) in [5.41, 5.74) is 1.27. The van der Waals surface area contributed by atoms with Gasteiger partial charge in [-0.15, -0.1) is 0 Å². The van der Waals surface area contributed by atoms with Crippen LogP contribution in [0.5, 0.6) is 0 Å². The van der Waals surface area contributed by atoms with E-state index in [0.29, 0.717) is 19.7 Å². The molecule has 0 saturated carbocycles. The van der Waals surface area contributed by atoms with Crippen LogP contribution in [0.15, 0.2) is 30.3 Å². The summed E-state index contributed by atoms with van der Waals surface area (Å²) in [4.78, 5) is 14.6. The molecule has 2 aliphatic heterocycles. The monoisotopic (exact) mass is 346 g/mol. The number of amides is 2. The number of likely N-dealkylation sites (tertiary alicyclic amines) is 1. The highest BCUT2D eigenvalue weighted by atomic mass is 16.5. The second-order valence-corrected chi connectivity index (χ2v) is 7.08. The SMILES string of the molecule is CCO[C@H]1CCCN(C(=O)NCC2(c3ccccc3)CCOCC2)C1. The van der Waals surface area contributed by atoms with E-state index in [1.54, 1.807) is 0 Å². The molecular weight excluding hydrogens is 316 g/mol. The van der Waals surface area contributed by atoms with E-state index < -0.39 is 0 Å². The zero-order valence-corrected chi connectivity index (χ0v) is 15.2. The Labute approximate surface area is 150 Å². The van der Waals surface area contributed by atoms with Gasteiger partial charge in [0.2, 0.25) is 0 Å². The standard InChI is InChI=1S/C20H30N2O3/c1-2-25-18-9-6-12-22(15-18)19(23)21-16-20(10-13-24-14-11-20)17-7-4-3-5-8-17/h3-5,7-8,18H,2,6,9-16H2,1H3,(H,21,23)/t18-/m0/s1. The minimum absolute atomic E-state index is 0.0235. The van der Waals surface area contributed by atoms with E-state index in [0.717, 1.165) is 45.4 Å². The number of ether oxygens (including phenoxy) is 2. The Hall–Kier alpha value is -1.59. The number of piperidine rings is 1. The first-order valence-electron chi connectivity index (χ1n) is 9.51. The zero-order valence-electron chi connectivity index (χ0n) is 15.2. The lowest BCUT2D eigenvalue weighted by atomic mass is 9.74. The van der Waals surface area contributed by atoms with Crippen LogP contribution in [-0.4, -0.2) is 56.5 Å². The summed E-state index contributed by atoms with van der Waals surface area (Å²) in [7, 11) is 0. The molecule has 0 radical (unpaired) electrons. The van der Waals surface area contributed by atoms with Crippen molar-refractivity contribution in [2.45, 2.75) is 44.1 Å². The van der Waals surface area contributed by atoms with Crippen molar-refractivity contribution < 1.29 is 14.3 Å². The minimum Gasteiger partial charge on any atom is -0.381 e. The van der Waals surface area contributed by atoms with Crippen LogP contribution >= 0.6 is 0 Å². The van der Waals surface area contributed by atoms with E-state index in [9.17, 15) is 4.79 Å². The number of urea groups is 1. The van der Waals surface area contributed by atoms with Crippen LogP contribution in [0.3, 0.4) is 0 Å². The summed E-state index contributed by atoms with van der Waals surface area (Å²) in [6.07, 6.45) is 4.12. The van der Waals surface area contributed by atoms with Gasteiger partial charge in [-0.05, 0) is 38.2 Å². The minimum atomic E-state index is -0.0235. The molecule has 2 heterocycles. The summed E-state index contributed by atoms with van der Waals surface area (Å²) < 4.78 is 11.3. The Kier molecular flexibility index (Phi) is 6.32. The van der Waals surface area contributed by atoms with Crippen molar-refractivity contribution in [2.75, 3.05) is 39.5 Å². The van der Waals surface area contributed by atoms with Crippen molar-refractivity contribution in [2.24, 2.45) is 0 Å². The first-order chi connectivity index (χ1) is 12.2. The maximum absolute atomic E-state index is 12.7. The van der Waals surface area contributed by atoms with E-state index in [-0.39, 0.29) is 17.6 Å². The molecular formula is C20H30N2O3. The third-order valence-electron chi connectivity index (χ3n) is 5.48. The Morgan fingerprint density at radius 3 is 2.80 bits per heavy atom. The highest BCUT2D eigenvalue weighted by Gasteiger charge is 2.35. The Balaban J connectivity index is 1.62. The first-order valence-corrected chi connectivity index (χ1v) is 9.51. The molecule has 0 unspecified atom stereocenters. The van der Waals surface area contributed by atoms with Crippen molar-refractivity contribution in [1.29, 1.82) is 0 Å². The van der Waals surface area contributed by atoms with Gasteiger partial charge in [-0.2, -0.15) is 0 Å². The molecule has 1 N–H and O–H groups in total. The number of rotatable bonds is 5. The van der Waals surface area contributed by atoms with Gasteiger partial charge >= 0.3 is 6.03 Å². The molecule has 2 fully saturated rings. The molecule has 25 heavy (non-hydrogen) atoms. The average Bonchev–Trinajstić information content (AvgIpc) is 2.68. The molecule has 3 rings (SSSR count). The van der Waals surface area contributed by atoms with Gasteiger partial charge in [0.1, 0.15) is 0 Å². The molecule has 1 aromatic rings. The van der Waals surface area contributed by atoms with Gasteiger partial charge in [-0.1, -0.05) is 30.3 Å². The zero-order chi connectivity index (χ0) is 17.5. The molecule has 0 aromatic heterocycles. The van der Waals surface area contributed by atoms with Crippen LogP contribution in [0.25, 0.3) is 0 Å². The number of nitrogens with one attached hydrogen (secondary N) is 1. The summed E-state index contributed by atoms with van der Waals surface area (Å²) >= 11 is 0. The van der Waals surface area contributed by atoms with Gasteiger partial charge in [0, 0.05) is 44.9 Å². The fourth-order valence-corrected chi connectivity index (χ4v) is 3.97. The molecule has 138 valence electrons. The number of hydrogen-bond acceptors (Lipinski definition) is 3. The Morgan fingerprint density at radius 2 is 2.08 bits per heavy atom. The van der Waals surface area contributed by atoms with Crippen LogP contribution in [0.1, 0.15) is 38.2 Å². The molecule has 0 aliphatic carbocycles. The van der Waals surface area contributed by atoms with Gasteiger partial charge < -0.3 is 19.7 Å². The molecule has 2 aliphatic rings. The molecule has 5 nitrogen and oxygen atoms in total. The third kappa shape index (κ3) is 4.53. The lowest BCUT2D eigenvalue weighted by molar-refractivity contribution is 0.0155. The van der Waals surface area contributed by atoms with Gasteiger partial charge in [-0.3, -0.25) is 0 Å². The summed E-state index contributed by atoms with van der Waals surface area (Å²) in [6, 6.07) is 10.6. The summed E-state index contributed by atoms with van der Waals surface area (Å²) in [5, 5.41) is 3.20. The van der Waals surface area contributed by atoms with E-state index in [2.05, 4.69) is 29.6 Å². The van der Waals surface area contributed by atoms with Crippen LogP contribution < -0.4 is 5.32 Å². The van der Waals surface area contributed by atoms with Crippen molar-refractivity contribution in [3.8, 4) is 0 Å². The van der Waals surface area contributed by atoms with Crippen molar-refractivity contribution in [1.82, 2.24) is 10.2 Å². The topological polar surface area (TPSA) is 50.8 Å². The van der Waals surface area contributed by atoms with Gasteiger partial charge in [0.15, 0.2) is 0 Å². The van der Waals surface area contributed by atoms with Crippen LogP contribution in [-0.2, 0) is 14.9 Å². The van der Waals surface area contributed by atoms with E-state index in [4.69, 9.17) is 9.47 Å². The highest BCUT2D eigenvalue weighted by Crippen LogP contribution is 2.34. The molecule has 0 spiro atoms. The van der Waals surface area contributed by atoms with Crippen molar-refractivity contribution >= 4 is 6.03 Å². The Morgan fingerprint density at radius 1 is 1.32 bits per heavy atom. The molecule has 5 heteroatoms.